The van der Waals surface area contributed by atoms with Crippen molar-refractivity contribution in [2.75, 3.05) is 6.61 Å². The van der Waals surface area contributed by atoms with Crippen LogP contribution in [0.3, 0.4) is 0 Å². The van der Waals surface area contributed by atoms with Gasteiger partial charge in [-0.1, -0.05) is 39.0 Å². The summed E-state index contributed by atoms with van der Waals surface area (Å²) in [6.45, 7) is 5.61. The maximum atomic E-state index is 10.0. The molecule has 0 bridgehead atoms. The zero-order chi connectivity index (χ0) is 16.5. The van der Waals surface area contributed by atoms with Crippen LogP contribution in [0.25, 0.3) is 0 Å². The molecule has 0 aromatic heterocycles. The third kappa shape index (κ3) is 3.42. The van der Waals surface area contributed by atoms with Crippen LogP contribution in [0.4, 0.5) is 0 Å². The van der Waals surface area contributed by atoms with E-state index in [0.29, 0.717) is 5.75 Å². The number of aliphatic hydroxyl groups is 4. The first-order valence-corrected chi connectivity index (χ1v) is 7.32. The summed E-state index contributed by atoms with van der Waals surface area (Å²) in [5.74, 6) is 0.527. The Morgan fingerprint density at radius 3 is 2.27 bits per heavy atom. The fraction of sp³-hybridized carbons (Fsp3) is 0.625. The zero-order valence-electron chi connectivity index (χ0n) is 13.0. The SMILES string of the molecule is CC(C)(C)c1ccccc1O[C@@H]1O[C@H](CO)[C@H](O)[C@@H](O)[C@H]1O. The van der Waals surface area contributed by atoms with Crippen LogP contribution in [-0.4, -0.2) is 57.7 Å². The Hall–Kier alpha value is -1.18. The zero-order valence-corrected chi connectivity index (χ0v) is 13.0. The van der Waals surface area contributed by atoms with Gasteiger partial charge < -0.3 is 29.9 Å². The van der Waals surface area contributed by atoms with Crippen molar-refractivity contribution in [2.24, 2.45) is 0 Å². The lowest BCUT2D eigenvalue weighted by molar-refractivity contribution is -0.277. The lowest BCUT2D eigenvalue weighted by Crippen LogP contribution is -2.60. The van der Waals surface area contributed by atoms with Crippen molar-refractivity contribution < 1.29 is 29.9 Å². The molecule has 2 rings (SSSR count). The highest BCUT2D eigenvalue weighted by atomic mass is 16.7. The summed E-state index contributed by atoms with van der Waals surface area (Å²) in [6, 6.07) is 7.36. The first-order valence-electron chi connectivity index (χ1n) is 7.32. The Bertz CT molecular complexity index is 496. The van der Waals surface area contributed by atoms with E-state index in [9.17, 15) is 20.4 Å². The summed E-state index contributed by atoms with van der Waals surface area (Å²) in [6.07, 6.45) is -6.40. The molecule has 6 heteroatoms. The van der Waals surface area contributed by atoms with Gasteiger partial charge in [0, 0.05) is 0 Å². The largest absolute Gasteiger partial charge is 0.462 e. The highest BCUT2D eigenvalue weighted by molar-refractivity contribution is 5.38. The van der Waals surface area contributed by atoms with Gasteiger partial charge in [-0.2, -0.15) is 0 Å². The van der Waals surface area contributed by atoms with Gasteiger partial charge in [0.05, 0.1) is 6.61 Å². The van der Waals surface area contributed by atoms with Gasteiger partial charge >= 0.3 is 0 Å². The van der Waals surface area contributed by atoms with Gasteiger partial charge in [0.1, 0.15) is 30.2 Å². The predicted octanol–water partition coefficient (Wildman–Crippen LogP) is 0.163. The molecule has 1 aromatic rings. The van der Waals surface area contributed by atoms with Crippen molar-refractivity contribution in [1.82, 2.24) is 0 Å². The lowest BCUT2D eigenvalue weighted by atomic mass is 9.86. The van der Waals surface area contributed by atoms with Crippen LogP contribution in [0.15, 0.2) is 24.3 Å². The number of rotatable bonds is 3. The van der Waals surface area contributed by atoms with E-state index in [4.69, 9.17) is 9.47 Å². The van der Waals surface area contributed by atoms with E-state index < -0.39 is 37.3 Å². The normalized spacial score (nSPS) is 32.8. The number of para-hydroxylation sites is 1. The highest BCUT2D eigenvalue weighted by Crippen LogP contribution is 2.33. The van der Waals surface area contributed by atoms with Gasteiger partial charge in [-0.05, 0) is 17.0 Å². The summed E-state index contributed by atoms with van der Waals surface area (Å²) in [4.78, 5) is 0. The molecule has 0 unspecified atom stereocenters. The average molecular weight is 312 g/mol. The van der Waals surface area contributed by atoms with Crippen LogP contribution in [-0.2, 0) is 10.2 Å². The van der Waals surface area contributed by atoms with Gasteiger partial charge in [0.2, 0.25) is 6.29 Å². The van der Waals surface area contributed by atoms with E-state index in [1.807, 2.05) is 32.9 Å². The number of aliphatic hydroxyl groups excluding tert-OH is 4. The maximum Gasteiger partial charge on any atom is 0.229 e. The van der Waals surface area contributed by atoms with Crippen LogP contribution < -0.4 is 4.74 Å². The predicted molar refractivity (Wildman–Crippen MR) is 79.5 cm³/mol. The van der Waals surface area contributed by atoms with Gasteiger partial charge in [0.25, 0.3) is 0 Å². The molecule has 1 aliphatic heterocycles. The molecule has 0 radical (unpaired) electrons. The number of ether oxygens (including phenoxy) is 2. The second-order valence-corrected chi connectivity index (χ2v) is 6.56. The lowest BCUT2D eigenvalue weighted by Gasteiger charge is -2.40. The van der Waals surface area contributed by atoms with Crippen LogP contribution in [0.1, 0.15) is 26.3 Å². The van der Waals surface area contributed by atoms with E-state index in [-0.39, 0.29) is 5.41 Å². The van der Waals surface area contributed by atoms with Crippen molar-refractivity contribution >= 4 is 0 Å². The van der Waals surface area contributed by atoms with Crippen molar-refractivity contribution in [3.8, 4) is 5.75 Å². The fourth-order valence-corrected chi connectivity index (χ4v) is 2.48. The van der Waals surface area contributed by atoms with Crippen LogP contribution in [0.5, 0.6) is 5.75 Å². The average Bonchev–Trinajstić information content (AvgIpc) is 2.47. The Morgan fingerprint density at radius 1 is 1.05 bits per heavy atom. The number of hydrogen-bond donors (Lipinski definition) is 4. The second kappa shape index (κ2) is 6.52. The minimum Gasteiger partial charge on any atom is -0.462 e. The second-order valence-electron chi connectivity index (χ2n) is 6.56. The molecule has 1 heterocycles. The summed E-state index contributed by atoms with van der Waals surface area (Å²) in [5, 5.41) is 38.8. The quantitative estimate of drug-likeness (QED) is 0.635. The molecule has 1 fully saturated rings. The number of hydrogen-bond acceptors (Lipinski definition) is 6. The molecule has 1 aliphatic rings. The van der Waals surface area contributed by atoms with Gasteiger partial charge in [-0.15, -0.1) is 0 Å². The third-order valence-electron chi connectivity index (χ3n) is 3.79. The van der Waals surface area contributed by atoms with Crippen LogP contribution in [0, 0.1) is 0 Å². The molecule has 0 saturated carbocycles. The van der Waals surface area contributed by atoms with Crippen molar-refractivity contribution in [3.05, 3.63) is 29.8 Å². The molecule has 0 spiro atoms. The maximum absolute atomic E-state index is 10.0. The molecule has 6 nitrogen and oxygen atoms in total. The Morgan fingerprint density at radius 2 is 1.68 bits per heavy atom. The van der Waals surface area contributed by atoms with E-state index in [1.165, 1.54) is 0 Å². The topological polar surface area (TPSA) is 99.4 Å². The van der Waals surface area contributed by atoms with E-state index in [2.05, 4.69) is 0 Å². The van der Waals surface area contributed by atoms with Crippen molar-refractivity contribution in [1.29, 1.82) is 0 Å². The number of benzene rings is 1. The van der Waals surface area contributed by atoms with Crippen LogP contribution in [0.2, 0.25) is 0 Å². The molecule has 1 saturated heterocycles. The van der Waals surface area contributed by atoms with E-state index in [1.54, 1.807) is 12.1 Å². The van der Waals surface area contributed by atoms with Crippen molar-refractivity contribution in [3.63, 3.8) is 0 Å². The summed E-state index contributed by atoms with van der Waals surface area (Å²) in [7, 11) is 0. The Kier molecular flexibility index (Phi) is 5.09. The van der Waals surface area contributed by atoms with Gasteiger partial charge in [-0.25, -0.2) is 0 Å². The summed E-state index contributed by atoms with van der Waals surface area (Å²) >= 11 is 0. The van der Waals surface area contributed by atoms with Gasteiger partial charge in [0.15, 0.2) is 0 Å². The van der Waals surface area contributed by atoms with Gasteiger partial charge in [-0.3, -0.25) is 0 Å². The smallest absolute Gasteiger partial charge is 0.229 e. The molecule has 0 amide bonds. The van der Waals surface area contributed by atoms with E-state index >= 15 is 0 Å². The van der Waals surface area contributed by atoms with E-state index in [0.717, 1.165) is 5.56 Å². The monoisotopic (exact) mass is 312 g/mol. The standard InChI is InChI=1S/C16H24O6/c1-16(2,3)9-6-4-5-7-10(9)21-15-14(20)13(19)12(18)11(8-17)22-15/h4-7,11-15,17-20H,8H2,1-3H3/t11-,12+,13-,14-,15-/m1/s1. The Balaban J connectivity index is 2.23. The first-order chi connectivity index (χ1) is 10.3. The molecule has 124 valence electrons. The fourth-order valence-electron chi connectivity index (χ4n) is 2.48. The minimum atomic E-state index is -1.45. The van der Waals surface area contributed by atoms with Crippen molar-refractivity contribution in [2.45, 2.75) is 56.9 Å². The minimum absolute atomic E-state index is 0.176. The van der Waals surface area contributed by atoms with Crippen LogP contribution >= 0.6 is 0 Å². The Labute approximate surface area is 129 Å². The molecule has 4 N–H and O–H groups in total. The first kappa shape index (κ1) is 17.2. The molecule has 1 aromatic carbocycles. The summed E-state index contributed by atoms with van der Waals surface area (Å²) < 4.78 is 11.1. The summed E-state index contributed by atoms with van der Waals surface area (Å²) in [5.41, 5.74) is 0.747. The molecular formula is C16H24O6. The molecule has 22 heavy (non-hydrogen) atoms. The third-order valence-corrected chi connectivity index (χ3v) is 3.79. The molecule has 5 atom stereocenters. The highest BCUT2D eigenvalue weighted by Gasteiger charge is 2.45. The molecular weight excluding hydrogens is 288 g/mol. The molecule has 0 aliphatic carbocycles.